The molecule has 3 aromatic rings. The van der Waals surface area contributed by atoms with Gasteiger partial charge in [0.05, 0.1) is 6.04 Å². The van der Waals surface area contributed by atoms with Crippen LogP contribution in [0.4, 0.5) is 4.39 Å². The fourth-order valence-corrected chi connectivity index (χ4v) is 5.56. The molecule has 31 heavy (non-hydrogen) atoms. The number of rotatable bonds is 1. The molecule has 0 saturated carbocycles. The molecule has 0 amide bonds. The molecule has 0 saturated heterocycles. The molecular weight excluding hydrogens is 415 g/mol. The lowest BCUT2D eigenvalue weighted by Gasteiger charge is -2.45. The molecule has 5 nitrogen and oxygen atoms in total. The van der Waals surface area contributed by atoms with Gasteiger partial charge in [0, 0.05) is 34.9 Å². The van der Waals surface area contributed by atoms with E-state index in [1.807, 2.05) is 29.3 Å². The molecule has 0 aliphatic carbocycles. The SMILES string of the molecule is CC1(C)CN(C2c3cc(F)ccc3CSc3ccccc32)n2ccc(=O)c(O)c2C1=O. The average Bonchev–Trinajstić information content (AvgIpc) is 2.89. The van der Waals surface area contributed by atoms with Crippen molar-refractivity contribution in [2.24, 2.45) is 5.41 Å². The van der Waals surface area contributed by atoms with Crippen molar-refractivity contribution in [3.05, 3.63) is 93.2 Å². The first kappa shape index (κ1) is 19.9. The molecule has 0 bridgehead atoms. The lowest BCUT2D eigenvalue weighted by molar-refractivity contribution is 0.0786. The molecule has 0 fully saturated rings. The summed E-state index contributed by atoms with van der Waals surface area (Å²) in [6.07, 6.45) is 1.52. The summed E-state index contributed by atoms with van der Waals surface area (Å²) in [7, 11) is 0. The number of thioether (sulfide) groups is 1. The number of aromatic hydroxyl groups is 1. The maximum absolute atomic E-state index is 14.4. The summed E-state index contributed by atoms with van der Waals surface area (Å²) >= 11 is 1.69. The second-order valence-corrected chi connectivity index (χ2v) is 9.62. The number of nitrogens with zero attached hydrogens (tertiary/aromatic N) is 2. The van der Waals surface area contributed by atoms with Crippen LogP contribution in [0.5, 0.6) is 5.75 Å². The normalized spacial score (nSPS) is 19.3. The highest BCUT2D eigenvalue weighted by molar-refractivity contribution is 7.98. The van der Waals surface area contributed by atoms with E-state index in [0.717, 1.165) is 21.6 Å². The Morgan fingerprint density at radius 1 is 1.10 bits per heavy atom. The van der Waals surface area contributed by atoms with Crippen LogP contribution in [-0.4, -0.2) is 22.1 Å². The summed E-state index contributed by atoms with van der Waals surface area (Å²) in [5.74, 6) is -0.485. The van der Waals surface area contributed by atoms with E-state index < -0.39 is 22.6 Å². The Morgan fingerprint density at radius 3 is 2.68 bits per heavy atom. The number of hydrogen-bond acceptors (Lipinski definition) is 5. The number of pyridine rings is 1. The van der Waals surface area contributed by atoms with Gasteiger partial charge < -0.3 is 5.11 Å². The number of benzene rings is 2. The number of aromatic nitrogens is 1. The molecule has 7 heteroatoms. The Hall–Kier alpha value is -3.06. The van der Waals surface area contributed by atoms with Gasteiger partial charge in [-0.1, -0.05) is 38.1 Å². The highest BCUT2D eigenvalue weighted by Gasteiger charge is 2.44. The molecule has 2 aliphatic heterocycles. The van der Waals surface area contributed by atoms with Crippen LogP contribution in [0.25, 0.3) is 0 Å². The van der Waals surface area contributed by atoms with Crippen molar-refractivity contribution in [3.63, 3.8) is 0 Å². The first-order valence-electron chi connectivity index (χ1n) is 10.0. The highest BCUT2D eigenvalue weighted by Crippen LogP contribution is 2.44. The van der Waals surface area contributed by atoms with Crippen LogP contribution in [0, 0.1) is 11.2 Å². The van der Waals surface area contributed by atoms with E-state index in [-0.39, 0.29) is 17.3 Å². The Morgan fingerprint density at radius 2 is 1.87 bits per heavy atom. The number of carbonyl (C=O) groups excluding carboxylic acids is 1. The standard InChI is InChI=1S/C24H21FN2O3S/c1-24(2)13-27(26-10-9-18(28)22(29)21(26)23(24)30)20-16-5-3-4-6-19(16)31-12-14-7-8-15(25)11-17(14)20/h3-11,20,29H,12-13H2,1-2H3. The van der Waals surface area contributed by atoms with Gasteiger partial charge in [-0.2, -0.15) is 0 Å². The summed E-state index contributed by atoms with van der Waals surface area (Å²) < 4.78 is 16.0. The molecule has 0 spiro atoms. The zero-order valence-electron chi connectivity index (χ0n) is 17.1. The molecule has 5 rings (SSSR count). The summed E-state index contributed by atoms with van der Waals surface area (Å²) in [4.78, 5) is 26.4. The monoisotopic (exact) mass is 436 g/mol. The van der Waals surface area contributed by atoms with Crippen molar-refractivity contribution in [3.8, 4) is 5.75 Å². The van der Waals surface area contributed by atoms with E-state index in [1.54, 1.807) is 42.4 Å². The van der Waals surface area contributed by atoms with Gasteiger partial charge >= 0.3 is 0 Å². The Labute approximate surface area is 183 Å². The minimum absolute atomic E-state index is 0.0314. The molecule has 1 aromatic heterocycles. The van der Waals surface area contributed by atoms with E-state index in [0.29, 0.717) is 12.3 Å². The predicted molar refractivity (Wildman–Crippen MR) is 118 cm³/mol. The third-order valence-corrected chi connectivity index (χ3v) is 7.15. The molecule has 2 aromatic carbocycles. The van der Waals surface area contributed by atoms with Crippen LogP contribution in [0.2, 0.25) is 0 Å². The zero-order chi connectivity index (χ0) is 21.9. The van der Waals surface area contributed by atoms with E-state index >= 15 is 0 Å². The molecule has 158 valence electrons. The smallest absolute Gasteiger partial charge is 0.224 e. The van der Waals surface area contributed by atoms with Gasteiger partial charge in [0.25, 0.3) is 0 Å². The van der Waals surface area contributed by atoms with Gasteiger partial charge in [0.2, 0.25) is 5.43 Å². The van der Waals surface area contributed by atoms with Crippen LogP contribution in [0.15, 0.2) is 64.4 Å². The van der Waals surface area contributed by atoms with E-state index in [9.17, 15) is 19.1 Å². The summed E-state index contributed by atoms with van der Waals surface area (Å²) in [6, 6.07) is 13.6. The van der Waals surface area contributed by atoms with Gasteiger partial charge in [-0.05, 0) is 34.9 Å². The van der Waals surface area contributed by atoms with Crippen molar-refractivity contribution in [2.75, 3.05) is 11.6 Å². The number of hydrogen-bond donors (Lipinski definition) is 1. The van der Waals surface area contributed by atoms with Gasteiger partial charge in [0.15, 0.2) is 17.2 Å². The van der Waals surface area contributed by atoms with Gasteiger partial charge in [-0.3, -0.25) is 19.3 Å². The predicted octanol–water partition coefficient (Wildman–Crippen LogP) is 4.25. The van der Waals surface area contributed by atoms with Crippen molar-refractivity contribution >= 4 is 17.5 Å². The fraction of sp³-hybridized carbons (Fsp3) is 0.250. The molecule has 1 atom stereocenters. The summed E-state index contributed by atoms with van der Waals surface area (Å²) in [5, 5.41) is 12.5. The van der Waals surface area contributed by atoms with Crippen LogP contribution in [-0.2, 0) is 5.75 Å². The minimum atomic E-state index is -0.854. The number of ketones is 1. The van der Waals surface area contributed by atoms with Crippen LogP contribution in [0.3, 0.4) is 0 Å². The van der Waals surface area contributed by atoms with Crippen molar-refractivity contribution in [1.29, 1.82) is 0 Å². The average molecular weight is 437 g/mol. The molecule has 3 heterocycles. The van der Waals surface area contributed by atoms with Gasteiger partial charge in [-0.15, -0.1) is 11.8 Å². The third-order valence-electron chi connectivity index (χ3n) is 6.02. The maximum Gasteiger partial charge on any atom is 0.224 e. The molecular formula is C24H21FN2O3S. The van der Waals surface area contributed by atoms with E-state index in [4.69, 9.17) is 0 Å². The van der Waals surface area contributed by atoms with Gasteiger partial charge in [0.1, 0.15) is 5.82 Å². The lowest BCUT2D eigenvalue weighted by Crippen LogP contribution is -2.54. The quantitative estimate of drug-likeness (QED) is 0.618. The topological polar surface area (TPSA) is 62.5 Å². The first-order valence-corrected chi connectivity index (χ1v) is 11.0. The number of carbonyl (C=O) groups is 1. The molecule has 2 aliphatic rings. The van der Waals surface area contributed by atoms with Crippen molar-refractivity contribution in [2.45, 2.75) is 30.5 Å². The lowest BCUT2D eigenvalue weighted by atomic mass is 9.82. The summed E-state index contributed by atoms with van der Waals surface area (Å²) in [6.45, 7) is 3.93. The van der Waals surface area contributed by atoms with Crippen LogP contribution < -0.4 is 10.4 Å². The van der Waals surface area contributed by atoms with Crippen molar-refractivity contribution < 1.29 is 14.3 Å². The summed E-state index contributed by atoms with van der Waals surface area (Å²) in [5.41, 5.74) is 1.33. The number of fused-ring (bicyclic) bond motifs is 3. The maximum atomic E-state index is 14.4. The Balaban J connectivity index is 1.82. The van der Waals surface area contributed by atoms with E-state index in [2.05, 4.69) is 0 Å². The number of Topliss-reactive ketones (excluding diaryl/α,β-unsaturated/α-hetero) is 1. The number of halogens is 1. The van der Waals surface area contributed by atoms with Crippen LogP contribution in [0.1, 0.15) is 47.1 Å². The Bertz CT molecular complexity index is 1280. The van der Waals surface area contributed by atoms with E-state index in [1.165, 1.54) is 18.3 Å². The zero-order valence-corrected chi connectivity index (χ0v) is 17.9. The van der Waals surface area contributed by atoms with Crippen LogP contribution >= 0.6 is 11.8 Å². The minimum Gasteiger partial charge on any atom is -0.503 e. The highest BCUT2D eigenvalue weighted by atomic mass is 32.2. The Kier molecular flexibility index (Phi) is 4.48. The van der Waals surface area contributed by atoms with Crippen molar-refractivity contribution in [1.82, 2.24) is 4.68 Å². The molecule has 0 radical (unpaired) electrons. The second-order valence-electron chi connectivity index (χ2n) is 8.60. The first-order chi connectivity index (χ1) is 14.8. The molecule has 1 unspecified atom stereocenters. The largest absolute Gasteiger partial charge is 0.503 e. The second kappa shape index (κ2) is 6.99. The van der Waals surface area contributed by atoms with Gasteiger partial charge in [-0.25, -0.2) is 4.39 Å². The third kappa shape index (κ3) is 3.07. The molecule has 1 N–H and O–H groups in total. The fourth-order valence-electron chi connectivity index (χ4n) is 4.47.